The summed E-state index contributed by atoms with van der Waals surface area (Å²) in [6.45, 7) is 2.59. The van der Waals surface area contributed by atoms with E-state index in [0.717, 1.165) is 29.8 Å². The Morgan fingerprint density at radius 3 is 2.50 bits per heavy atom. The Morgan fingerprint density at radius 2 is 1.77 bits per heavy atom. The van der Waals surface area contributed by atoms with Crippen molar-refractivity contribution in [2.75, 3.05) is 11.9 Å². The summed E-state index contributed by atoms with van der Waals surface area (Å²) in [5, 5.41) is 2.94. The van der Waals surface area contributed by atoms with Gasteiger partial charge in [0.15, 0.2) is 0 Å². The molecule has 3 nitrogen and oxygen atoms in total. The zero-order valence-electron chi connectivity index (χ0n) is 12.9. The van der Waals surface area contributed by atoms with Gasteiger partial charge in [0.2, 0.25) is 0 Å². The Bertz CT molecular complexity index is 662. The fourth-order valence-corrected chi connectivity index (χ4v) is 2.88. The third-order valence-electron chi connectivity index (χ3n) is 4.03. The Morgan fingerprint density at radius 1 is 1.05 bits per heavy atom. The van der Waals surface area contributed by atoms with E-state index in [1.54, 1.807) is 0 Å². The van der Waals surface area contributed by atoms with Gasteiger partial charge < -0.3 is 10.1 Å². The summed E-state index contributed by atoms with van der Waals surface area (Å²) in [5.41, 5.74) is 4.23. The highest BCUT2D eigenvalue weighted by atomic mass is 16.5. The van der Waals surface area contributed by atoms with Crippen LogP contribution in [0, 0.1) is 0 Å². The van der Waals surface area contributed by atoms with Gasteiger partial charge in [-0.3, -0.25) is 4.79 Å². The first kappa shape index (κ1) is 14.6. The number of nitrogens with one attached hydrogen (secondary N) is 1. The quantitative estimate of drug-likeness (QED) is 0.917. The molecule has 0 aliphatic heterocycles. The van der Waals surface area contributed by atoms with Crippen LogP contribution in [0.4, 0.5) is 5.69 Å². The fraction of sp³-hybridized carbons (Fsp3) is 0.316. The van der Waals surface area contributed by atoms with Gasteiger partial charge in [0.25, 0.3) is 5.91 Å². The lowest BCUT2D eigenvalue weighted by atomic mass is 9.90. The number of ether oxygens (including phenoxy) is 1. The third-order valence-corrected chi connectivity index (χ3v) is 4.03. The topological polar surface area (TPSA) is 38.3 Å². The maximum atomic E-state index is 12.4. The fourth-order valence-electron chi connectivity index (χ4n) is 2.88. The van der Waals surface area contributed by atoms with Crippen molar-refractivity contribution in [1.29, 1.82) is 0 Å². The van der Waals surface area contributed by atoms with Crippen LogP contribution in [0.3, 0.4) is 0 Å². The number of benzene rings is 2. The number of anilines is 1. The molecule has 0 heterocycles. The van der Waals surface area contributed by atoms with Gasteiger partial charge in [-0.15, -0.1) is 0 Å². The maximum Gasteiger partial charge on any atom is 0.255 e. The van der Waals surface area contributed by atoms with Gasteiger partial charge >= 0.3 is 0 Å². The van der Waals surface area contributed by atoms with Crippen LogP contribution >= 0.6 is 0 Å². The number of carbonyl (C=O) groups excluding carboxylic acids is 1. The molecule has 22 heavy (non-hydrogen) atoms. The Hall–Kier alpha value is -2.29. The number of hydrogen-bond acceptors (Lipinski definition) is 2. The van der Waals surface area contributed by atoms with Crippen LogP contribution in [0.25, 0.3) is 0 Å². The van der Waals surface area contributed by atoms with Crippen molar-refractivity contribution in [2.45, 2.75) is 32.6 Å². The van der Waals surface area contributed by atoms with Crippen molar-refractivity contribution in [3.05, 3.63) is 59.2 Å². The molecule has 1 amide bonds. The van der Waals surface area contributed by atoms with Gasteiger partial charge in [-0.25, -0.2) is 0 Å². The van der Waals surface area contributed by atoms with E-state index in [2.05, 4.69) is 11.4 Å². The minimum atomic E-state index is -0.0578. The third kappa shape index (κ3) is 3.30. The van der Waals surface area contributed by atoms with E-state index >= 15 is 0 Å². The number of hydrogen-bond donors (Lipinski definition) is 1. The minimum absolute atomic E-state index is 0.0578. The first-order valence-electron chi connectivity index (χ1n) is 7.92. The van der Waals surface area contributed by atoms with E-state index in [1.165, 1.54) is 24.0 Å². The highest BCUT2D eigenvalue weighted by Gasteiger charge is 2.13. The molecule has 0 unspecified atom stereocenters. The summed E-state index contributed by atoms with van der Waals surface area (Å²) in [5.74, 6) is 0.756. The zero-order valence-corrected chi connectivity index (χ0v) is 12.9. The molecule has 0 saturated carbocycles. The monoisotopic (exact) mass is 295 g/mol. The molecule has 0 bridgehead atoms. The van der Waals surface area contributed by atoms with Crippen LogP contribution < -0.4 is 10.1 Å². The summed E-state index contributed by atoms with van der Waals surface area (Å²) in [6, 6.07) is 13.5. The molecule has 3 rings (SSSR count). The molecule has 0 spiro atoms. The van der Waals surface area contributed by atoms with Crippen molar-refractivity contribution in [3.63, 3.8) is 0 Å². The van der Waals surface area contributed by atoms with Crippen LogP contribution in [0.1, 0.15) is 41.3 Å². The van der Waals surface area contributed by atoms with Crippen LogP contribution in [0.5, 0.6) is 5.75 Å². The van der Waals surface area contributed by atoms with Crippen LogP contribution in [0.15, 0.2) is 42.5 Å². The van der Waals surface area contributed by atoms with Gasteiger partial charge in [0, 0.05) is 11.3 Å². The summed E-state index contributed by atoms with van der Waals surface area (Å²) < 4.78 is 5.40. The van der Waals surface area contributed by atoms with E-state index in [0.29, 0.717) is 6.61 Å². The highest BCUT2D eigenvalue weighted by Crippen LogP contribution is 2.23. The molecule has 2 aromatic carbocycles. The molecule has 0 radical (unpaired) electrons. The van der Waals surface area contributed by atoms with Gasteiger partial charge in [-0.1, -0.05) is 6.07 Å². The lowest BCUT2D eigenvalue weighted by Gasteiger charge is -2.16. The largest absolute Gasteiger partial charge is 0.494 e. The average molecular weight is 295 g/mol. The van der Waals surface area contributed by atoms with E-state index in [-0.39, 0.29) is 5.91 Å². The number of amides is 1. The molecule has 2 aromatic rings. The van der Waals surface area contributed by atoms with Crippen LogP contribution in [-0.4, -0.2) is 12.5 Å². The lowest BCUT2D eigenvalue weighted by molar-refractivity contribution is 0.102. The SMILES string of the molecule is CCOc1ccc(NC(=O)c2ccc3c(c2)CCCC3)cc1. The predicted molar refractivity (Wildman–Crippen MR) is 88.6 cm³/mol. The molecule has 3 heteroatoms. The van der Waals surface area contributed by atoms with E-state index in [1.807, 2.05) is 43.3 Å². The second-order valence-corrected chi connectivity index (χ2v) is 5.60. The smallest absolute Gasteiger partial charge is 0.255 e. The number of fused-ring (bicyclic) bond motifs is 1. The van der Waals surface area contributed by atoms with E-state index in [9.17, 15) is 4.79 Å². The molecule has 1 aliphatic rings. The van der Waals surface area contributed by atoms with Gasteiger partial charge in [-0.2, -0.15) is 0 Å². The van der Waals surface area contributed by atoms with Crippen molar-refractivity contribution in [2.24, 2.45) is 0 Å². The second-order valence-electron chi connectivity index (χ2n) is 5.60. The minimum Gasteiger partial charge on any atom is -0.494 e. The van der Waals surface area contributed by atoms with Gasteiger partial charge in [0.1, 0.15) is 5.75 Å². The Kier molecular flexibility index (Phi) is 4.42. The van der Waals surface area contributed by atoms with E-state index < -0.39 is 0 Å². The van der Waals surface area contributed by atoms with Gasteiger partial charge in [-0.05, 0) is 80.1 Å². The molecule has 0 saturated heterocycles. The predicted octanol–water partition coefficient (Wildman–Crippen LogP) is 4.22. The normalized spacial score (nSPS) is 13.3. The molecule has 1 aliphatic carbocycles. The Balaban J connectivity index is 1.71. The summed E-state index contributed by atoms with van der Waals surface area (Å²) in [4.78, 5) is 12.4. The van der Waals surface area contributed by atoms with Crippen molar-refractivity contribution < 1.29 is 9.53 Å². The highest BCUT2D eigenvalue weighted by molar-refractivity contribution is 6.04. The van der Waals surface area contributed by atoms with Crippen LogP contribution in [-0.2, 0) is 12.8 Å². The number of carbonyl (C=O) groups is 1. The standard InChI is InChI=1S/C19H21NO2/c1-2-22-18-11-9-17(10-12-18)20-19(21)16-8-7-14-5-3-4-6-15(14)13-16/h7-13H,2-6H2,1H3,(H,20,21). The lowest BCUT2D eigenvalue weighted by Crippen LogP contribution is -2.13. The second kappa shape index (κ2) is 6.65. The molecule has 1 N–H and O–H groups in total. The summed E-state index contributed by atoms with van der Waals surface area (Å²) in [7, 11) is 0. The Labute approximate surface area is 131 Å². The van der Waals surface area contributed by atoms with Crippen LogP contribution in [0.2, 0.25) is 0 Å². The average Bonchev–Trinajstić information content (AvgIpc) is 2.56. The first-order valence-corrected chi connectivity index (χ1v) is 7.92. The summed E-state index contributed by atoms with van der Waals surface area (Å²) in [6.07, 6.45) is 4.69. The van der Waals surface area contributed by atoms with Crippen molar-refractivity contribution in [3.8, 4) is 5.75 Å². The van der Waals surface area contributed by atoms with E-state index in [4.69, 9.17) is 4.74 Å². The number of aryl methyl sites for hydroxylation is 2. The molecular weight excluding hydrogens is 274 g/mol. The van der Waals surface area contributed by atoms with Crippen molar-refractivity contribution >= 4 is 11.6 Å². The maximum absolute atomic E-state index is 12.4. The molecule has 0 fully saturated rings. The first-order chi connectivity index (χ1) is 10.8. The zero-order chi connectivity index (χ0) is 15.4. The number of rotatable bonds is 4. The summed E-state index contributed by atoms with van der Waals surface area (Å²) >= 11 is 0. The van der Waals surface area contributed by atoms with Crippen molar-refractivity contribution in [1.82, 2.24) is 0 Å². The molecule has 114 valence electrons. The molecular formula is C19H21NO2. The molecule has 0 aromatic heterocycles. The van der Waals surface area contributed by atoms with Gasteiger partial charge in [0.05, 0.1) is 6.61 Å². The molecule has 0 atom stereocenters.